The van der Waals surface area contributed by atoms with Gasteiger partial charge in [-0.1, -0.05) is 64.4 Å². The molecule has 34 heavy (non-hydrogen) atoms. The highest BCUT2D eigenvalue weighted by Gasteiger charge is 2.59. The first-order valence-electron chi connectivity index (χ1n) is 14.4. The Hall–Kier alpha value is -1.16. The summed E-state index contributed by atoms with van der Waals surface area (Å²) in [6.45, 7) is 6.57. The van der Waals surface area contributed by atoms with Crippen LogP contribution in [0.15, 0.2) is 11.6 Å². The molecule has 192 valence electrons. The van der Waals surface area contributed by atoms with Crippen molar-refractivity contribution >= 4 is 11.8 Å². The Labute approximate surface area is 207 Å². The second-order valence-electron chi connectivity index (χ2n) is 12.5. The van der Waals surface area contributed by atoms with Gasteiger partial charge in [-0.3, -0.25) is 9.59 Å². The zero-order valence-corrected chi connectivity index (χ0v) is 21.9. The van der Waals surface area contributed by atoms with Crippen LogP contribution in [0, 0.1) is 29.1 Å². The van der Waals surface area contributed by atoms with E-state index in [2.05, 4.69) is 13.8 Å². The molecule has 0 aromatic carbocycles. The fraction of sp³-hybridized carbons (Fsp3) is 0.867. The summed E-state index contributed by atoms with van der Waals surface area (Å²) >= 11 is 0. The Kier molecular flexibility index (Phi) is 8.27. The number of rotatable bonds is 10. The topological polar surface area (TPSA) is 63.6 Å². The van der Waals surface area contributed by atoms with Gasteiger partial charge in [0.05, 0.1) is 12.5 Å². The van der Waals surface area contributed by atoms with Crippen molar-refractivity contribution in [3.63, 3.8) is 0 Å². The van der Waals surface area contributed by atoms with Gasteiger partial charge in [0.1, 0.15) is 5.60 Å². The Bertz CT molecular complexity index is 772. The highest BCUT2D eigenvalue weighted by atomic mass is 16.6. The van der Waals surface area contributed by atoms with Gasteiger partial charge in [-0.15, -0.1) is 0 Å². The Morgan fingerprint density at radius 1 is 1.00 bits per heavy atom. The number of hydrogen-bond donors (Lipinski definition) is 1. The van der Waals surface area contributed by atoms with Gasteiger partial charge in [0.15, 0.2) is 5.78 Å². The summed E-state index contributed by atoms with van der Waals surface area (Å²) in [5, 5.41) is 10.7. The molecule has 0 bridgehead atoms. The van der Waals surface area contributed by atoms with Crippen LogP contribution >= 0.6 is 0 Å². The zero-order chi connectivity index (χ0) is 24.3. The van der Waals surface area contributed by atoms with E-state index in [4.69, 9.17) is 4.74 Å². The van der Waals surface area contributed by atoms with Crippen molar-refractivity contribution in [3.05, 3.63) is 11.6 Å². The van der Waals surface area contributed by atoms with Crippen LogP contribution in [0.4, 0.5) is 0 Å². The van der Waals surface area contributed by atoms with Crippen molar-refractivity contribution in [3.8, 4) is 0 Å². The van der Waals surface area contributed by atoms with Crippen molar-refractivity contribution in [1.82, 2.24) is 0 Å². The lowest BCUT2D eigenvalue weighted by molar-refractivity contribution is -0.173. The third-order valence-electron chi connectivity index (χ3n) is 10.1. The SMILES string of the molecule is CCCCCCCCCCC(=O)OC1(C)CC(=O)C=C2CC[C@@H]3[C@H](CC[C@]4(C)[C@@H](O)CC[C@@H]34)C21. The number of esters is 1. The molecule has 4 nitrogen and oxygen atoms in total. The number of unbranched alkanes of at least 4 members (excludes halogenated alkanes) is 7. The summed E-state index contributed by atoms with van der Waals surface area (Å²) < 4.78 is 6.24. The first-order valence-corrected chi connectivity index (χ1v) is 14.4. The molecule has 0 amide bonds. The maximum absolute atomic E-state index is 12.9. The van der Waals surface area contributed by atoms with Crippen molar-refractivity contribution in [1.29, 1.82) is 0 Å². The molecular weight excluding hydrogens is 424 g/mol. The largest absolute Gasteiger partial charge is 0.458 e. The zero-order valence-electron chi connectivity index (χ0n) is 21.9. The van der Waals surface area contributed by atoms with Crippen LogP contribution in [-0.4, -0.2) is 28.6 Å². The lowest BCUT2D eigenvalue weighted by Crippen LogP contribution is -2.55. The maximum Gasteiger partial charge on any atom is 0.306 e. The molecule has 2 unspecified atom stereocenters. The molecule has 4 aliphatic rings. The van der Waals surface area contributed by atoms with Crippen LogP contribution in [-0.2, 0) is 14.3 Å². The molecule has 0 aromatic heterocycles. The summed E-state index contributed by atoms with van der Waals surface area (Å²) in [5.41, 5.74) is 0.547. The number of ketones is 1. The first kappa shape index (κ1) is 25.9. The van der Waals surface area contributed by atoms with Crippen LogP contribution in [0.2, 0.25) is 0 Å². The molecule has 0 aliphatic heterocycles. The van der Waals surface area contributed by atoms with Gasteiger partial charge < -0.3 is 9.84 Å². The van der Waals surface area contributed by atoms with E-state index in [9.17, 15) is 14.7 Å². The average Bonchev–Trinajstić information content (AvgIpc) is 3.09. The number of carbonyl (C=O) groups is 2. The third-order valence-corrected chi connectivity index (χ3v) is 10.1. The summed E-state index contributed by atoms with van der Waals surface area (Å²) in [6.07, 6.45) is 18.3. The Balaban J connectivity index is 1.37. The monoisotopic (exact) mass is 472 g/mol. The number of ether oxygens (including phenoxy) is 1. The van der Waals surface area contributed by atoms with E-state index in [1.807, 2.05) is 13.0 Å². The fourth-order valence-corrected chi connectivity index (χ4v) is 8.42. The predicted molar refractivity (Wildman–Crippen MR) is 135 cm³/mol. The van der Waals surface area contributed by atoms with Crippen molar-refractivity contribution < 1.29 is 19.4 Å². The minimum atomic E-state index is -0.716. The van der Waals surface area contributed by atoms with Gasteiger partial charge >= 0.3 is 5.97 Å². The van der Waals surface area contributed by atoms with Gasteiger partial charge in [-0.2, -0.15) is 0 Å². The summed E-state index contributed by atoms with van der Waals surface area (Å²) in [7, 11) is 0. The minimum absolute atomic E-state index is 0.0382. The number of carbonyl (C=O) groups excluding carboxylic acids is 2. The molecule has 0 aromatic rings. The van der Waals surface area contributed by atoms with E-state index in [0.29, 0.717) is 30.6 Å². The molecule has 1 N–H and O–H groups in total. The lowest BCUT2D eigenvalue weighted by atomic mass is 9.50. The van der Waals surface area contributed by atoms with E-state index in [0.717, 1.165) is 51.4 Å². The minimum Gasteiger partial charge on any atom is -0.458 e. The van der Waals surface area contributed by atoms with Crippen LogP contribution in [0.25, 0.3) is 0 Å². The third kappa shape index (κ3) is 5.18. The standard InChI is InChI=1S/C30H48O4/c1-4-5-6-7-8-9-10-11-12-27(33)34-30(3)20-22(31)19-21-13-14-23-24(28(21)30)17-18-29(2)25(23)15-16-26(29)32/h19,23-26,28,32H,4-18,20H2,1-3H3/t23-,24+,25+,26+,28?,29+,30?/m1/s1. The Morgan fingerprint density at radius 3 is 2.44 bits per heavy atom. The number of fused-ring (bicyclic) bond motifs is 5. The summed E-state index contributed by atoms with van der Waals surface area (Å²) in [4.78, 5) is 25.6. The van der Waals surface area contributed by atoms with Gasteiger partial charge in [0.2, 0.25) is 0 Å². The van der Waals surface area contributed by atoms with E-state index >= 15 is 0 Å². The van der Waals surface area contributed by atoms with Crippen LogP contribution in [0.5, 0.6) is 0 Å². The van der Waals surface area contributed by atoms with Crippen molar-refractivity contribution in [2.45, 2.75) is 135 Å². The number of hydrogen-bond acceptors (Lipinski definition) is 4. The number of aliphatic hydroxyl groups excluding tert-OH is 1. The van der Waals surface area contributed by atoms with Gasteiger partial charge in [0, 0.05) is 12.3 Å². The molecule has 0 saturated heterocycles. The predicted octanol–water partition coefficient (Wildman–Crippen LogP) is 6.93. The molecule has 7 atom stereocenters. The van der Waals surface area contributed by atoms with Crippen molar-refractivity contribution in [2.24, 2.45) is 29.1 Å². The molecule has 0 heterocycles. The average molecular weight is 473 g/mol. The van der Waals surface area contributed by atoms with E-state index < -0.39 is 5.60 Å². The van der Waals surface area contributed by atoms with Gasteiger partial charge in [0.25, 0.3) is 0 Å². The summed E-state index contributed by atoms with van der Waals surface area (Å²) in [6, 6.07) is 0. The fourth-order valence-electron chi connectivity index (χ4n) is 8.42. The molecular formula is C30H48O4. The maximum atomic E-state index is 12.9. The molecule has 3 fully saturated rings. The normalized spacial score (nSPS) is 39.1. The molecule has 0 radical (unpaired) electrons. The van der Waals surface area contributed by atoms with Gasteiger partial charge in [-0.05, 0) is 81.1 Å². The van der Waals surface area contributed by atoms with Crippen LogP contribution in [0.3, 0.4) is 0 Å². The highest BCUT2D eigenvalue weighted by Crippen LogP contribution is 2.63. The number of aliphatic hydroxyl groups is 1. The Morgan fingerprint density at radius 2 is 1.71 bits per heavy atom. The van der Waals surface area contributed by atoms with Crippen molar-refractivity contribution in [2.75, 3.05) is 0 Å². The quantitative estimate of drug-likeness (QED) is 0.276. The summed E-state index contributed by atoms with van der Waals surface area (Å²) in [5.74, 6) is 1.73. The van der Waals surface area contributed by atoms with E-state index in [1.165, 1.54) is 44.1 Å². The molecule has 0 spiro atoms. The molecule has 4 heteroatoms. The van der Waals surface area contributed by atoms with E-state index in [1.54, 1.807) is 0 Å². The lowest BCUT2D eigenvalue weighted by Gasteiger charge is -2.56. The molecule has 4 aliphatic carbocycles. The first-order chi connectivity index (χ1) is 16.3. The van der Waals surface area contributed by atoms with Crippen LogP contribution < -0.4 is 0 Å². The smallest absolute Gasteiger partial charge is 0.306 e. The van der Waals surface area contributed by atoms with Gasteiger partial charge in [-0.25, -0.2) is 0 Å². The van der Waals surface area contributed by atoms with E-state index in [-0.39, 0.29) is 29.2 Å². The second kappa shape index (κ2) is 10.8. The molecule has 3 saturated carbocycles. The highest BCUT2D eigenvalue weighted by molar-refractivity contribution is 5.93. The van der Waals surface area contributed by atoms with Crippen LogP contribution in [0.1, 0.15) is 124 Å². The molecule has 4 rings (SSSR count). The second-order valence-corrected chi connectivity index (χ2v) is 12.5.